The predicted molar refractivity (Wildman–Crippen MR) is 146 cm³/mol. The van der Waals surface area contributed by atoms with Gasteiger partial charge in [-0.2, -0.15) is 0 Å². The van der Waals surface area contributed by atoms with Gasteiger partial charge in [-0.15, -0.1) is 0 Å². The maximum atomic E-state index is 13.9. The smallest absolute Gasteiger partial charge is 0.305 e. The van der Waals surface area contributed by atoms with Crippen molar-refractivity contribution < 1.29 is 9.53 Å². The van der Waals surface area contributed by atoms with Gasteiger partial charge in [-0.3, -0.25) is 14.5 Å². The van der Waals surface area contributed by atoms with Gasteiger partial charge in [0.1, 0.15) is 5.69 Å². The van der Waals surface area contributed by atoms with Crippen molar-refractivity contribution >= 4 is 17.0 Å². The largest absolute Gasteiger partial charge is 0.466 e. The Labute approximate surface area is 220 Å². The highest BCUT2D eigenvalue weighted by Gasteiger charge is 2.45. The number of aryl methyl sites for hydroxylation is 1. The van der Waals surface area contributed by atoms with Crippen molar-refractivity contribution in [1.82, 2.24) is 14.5 Å². The van der Waals surface area contributed by atoms with Gasteiger partial charge in [0.2, 0.25) is 0 Å². The van der Waals surface area contributed by atoms with E-state index in [4.69, 9.17) is 9.72 Å². The quantitative estimate of drug-likeness (QED) is 0.445. The van der Waals surface area contributed by atoms with E-state index in [2.05, 4.69) is 15.5 Å². The maximum Gasteiger partial charge on any atom is 0.305 e. The fraction of sp³-hybridized carbons (Fsp3) is 0.710. The molecule has 2 saturated carbocycles. The Hall–Kier alpha value is -2.21. The zero-order valence-corrected chi connectivity index (χ0v) is 22.4. The second-order valence-corrected chi connectivity index (χ2v) is 12.2. The van der Waals surface area contributed by atoms with Crippen LogP contribution in [0.4, 0.5) is 0 Å². The van der Waals surface area contributed by atoms with Crippen LogP contribution in [0.15, 0.2) is 29.1 Å². The molecule has 2 saturated heterocycles. The molecule has 37 heavy (non-hydrogen) atoms. The summed E-state index contributed by atoms with van der Waals surface area (Å²) in [6.45, 7) is 2.21. The van der Waals surface area contributed by atoms with Crippen LogP contribution in [0.5, 0.6) is 0 Å². The normalized spacial score (nSPS) is 31.8. The van der Waals surface area contributed by atoms with Crippen molar-refractivity contribution in [3.05, 3.63) is 40.3 Å². The van der Waals surface area contributed by atoms with Gasteiger partial charge >= 0.3 is 5.97 Å². The van der Waals surface area contributed by atoms with Crippen LogP contribution in [0.3, 0.4) is 0 Å². The summed E-state index contributed by atoms with van der Waals surface area (Å²) in [7, 11) is 0. The van der Waals surface area contributed by atoms with Crippen molar-refractivity contribution in [3.63, 3.8) is 0 Å². The van der Waals surface area contributed by atoms with Crippen LogP contribution in [-0.4, -0.2) is 45.2 Å². The first-order valence-electron chi connectivity index (χ1n) is 15.0. The highest BCUT2D eigenvalue weighted by Crippen LogP contribution is 2.47. The summed E-state index contributed by atoms with van der Waals surface area (Å²) in [5.41, 5.74) is 2.49. The van der Waals surface area contributed by atoms with Gasteiger partial charge < -0.3 is 9.30 Å². The molecule has 4 bridgehead atoms. The molecular formula is C31H43N3O3. The van der Waals surface area contributed by atoms with E-state index in [9.17, 15) is 9.59 Å². The summed E-state index contributed by atoms with van der Waals surface area (Å²) in [5.74, 6) is 1.69. The van der Waals surface area contributed by atoms with E-state index < -0.39 is 0 Å². The van der Waals surface area contributed by atoms with Gasteiger partial charge in [-0.25, -0.2) is 4.98 Å². The number of carbonyl (C=O) groups excluding carboxylic acids is 1. The highest BCUT2D eigenvalue weighted by atomic mass is 16.5. The Kier molecular flexibility index (Phi) is 7.38. The lowest BCUT2D eigenvalue weighted by molar-refractivity contribution is -0.143. The number of hydrogen-bond donors (Lipinski definition) is 0. The SMILES string of the molecule is CCOC(=O)CCCc1nc2ccccc2n([C@@H]2CC3CCC[C@H](C2)N3C2CC3CCC[C@@H](C3)C2)c1=O. The molecule has 1 aromatic carbocycles. The molecule has 0 amide bonds. The number of piperidine rings is 2. The summed E-state index contributed by atoms with van der Waals surface area (Å²) in [4.78, 5) is 33.5. The number of hydrogen-bond acceptors (Lipinski definition) is 5. The van der Waals surface area contributed by atoms with Crippen molar-refractivity contribution in [2.45, 2.75) is 121 Å². The molecule has 0 radical (unpaired) electrons. The van der Waals surface area contributed by atoms with Crippen LogP contribution in [0, 0.1) is 11.8 Å². The van der Waals surface area contributed by atoms with Crippen LogP contribution in [-0.2, 0) is 16.0 Å². The molecule has 4 fully saturated rings. The van der Waals surface area contributed by atoms with E-state index >= 15 is 0 Å². The van der Waals surface area contributed by atoms with Gasteiger partial charge in [-0.1, -0.05) is 37.8 Å². The van der Waals surface area contributed by atoms with Crippen molar-refractivity contribution in [2.75, 3.05) is 6.61 Å². The molecule has 1 aromatic heterocycles. The third kappa shape index (κ3) is 5.10. The molecule has 0 spiro atoms. The Morgan fingerprint density at radius 3 is 2.35 bits per heavy atom. The highest BCUT2D eigenvalue weighted by molar-refractivity contribution is 5.75. The fourth-order valence-electron chi connectivity index (χ4n) is 8.50. The van der Waals surface area contributed by atoms with E-state index in [1.807, 2.05) is 25.1 Å². The lowest BCUT2D eigenvalue weighted by atomic mass is 9.68. The van der Waals surface area contributed by atoms with Crippen LogP contribution in [0.2, 0.25) is 0 Å². The minimum atomic E-state index is -0.198. The standard InChI is InChI=1S/C31H43N3O3/c1-2-37-30(35)15-7-13-28-31(36)34(29-14-4-3-12-27(29)32-28)26-19-23-10-6-11-24(20-26)33(23)25-17-21-8-5-9-22(16-21)18-25/h3-4,12,14,21-26H,2,5-11,13,15-20H2,1H3/t21-,22?,23+,24?,25?,26-/m0/s1. The van der Waals surface area contributed by atoms with Crippen LogP contribution in [0.25, 0.3) is 11.0 Å². The number of esters is 1. The first kappa shape index (κ1) is 25.1. The summed E-state index contributed by atoms with van der Waals surface area (Å²) in [5, 5.41) is 0. The van der Waals surface area contributed by atoms with E-state index in [0.717, 1.165) is 41.8 Å². The molecule has 200 valence electrons. The zero-order chi connectivity index (χ0) is 25.4. The van der Waals surface area contributed by atoms with Crippen LogP contribution in [0.1, 0.15) is 102 Å². The first-order valence-corrected chi connectivity index (χ1v) is 15.0. The second kappa shape index (κ2) is 10.9. The molecule has 2 aliphatic carbocycles. The molecule has 0 N–H and O–H groups in total. The zero-order valence-electron chi connectivity index (χ0n) is 22.4. The monoisotopic (exact) mass is 505 g/mol. The molecular weight excluding hydrogens is 462 g/mol. The number of rotatable bonds is 7. The predicted octanol–water partition coefficient (Wildman–Crippen LogP) is 5.81. The second-order valence-electron chi connectivity index (χ2n) is 12.2. The van der Waals surface area contributed by atoms with E-state index in [0.29, 0.717) is 43.6 Å². The number of benzene rings is 1. The minimum Gasteiger partial charge on any atom is -0.466 e. The number of aromatic nitrogens is 2. The topological polar surface area (TPSA) is 64.4 Å². The summed E-state index contributed by atoms with van der Waals surface area (Å²) in [6.07, 6.45) is 16.0. The fourth-order valence-corrected chi connectivity index (χ4v) is 8.50. The molecule has 6 nitrogen and oxygen atoms in total. The maximum absolute atomic E-state index is 13.9. The lowest BCUT2D eigenvalue weighted by Gasteiger charge is -2.55. The summed E-state index contributed by atoms with van der Waals surface area (Å²) >= 11 is 0. The van der Waals surface area contributed by atoms with Crippen LogP contribution < -0.4 is 5.56 Å². The molecule has 2 aliphatic heterocycles. The van der Waals surface area contributed by atoms with Gasteiger partial charge in [0.25, 0.3) is 5.56 Å². The molecule has 3 heterocycles. The van der Waals surface area contributed by atoms with Crippen LogP contribution >= 0.6 is 0 Å². The molecule has 2 aromatic rings. The Morgan fingerprint density at radius 2 is 1.62 bits per heavy atom. The molecule has 6 heteroatoms. The van der Waals surface area contributed by atoms with E-state index in [1.165, 1.54) is 57.8 Å². The van der Waals surface area contributed by atoms with E-state index in [-0.39, 0.29) is 17.6 Å². The average molecular weight is 506 g/mol. The molecule has 3 unspecified atom stereocenters. The van der Waals surface area contributed by atoms with Gasteiger partial charge in [0, 0.05) is 30.6 Å². The average Bonchev–Trinajstić information content (AvgIpc) is 2.88. The number of carbonyl (C=O) groups is 1. The van der Waals surface area contributed by atoms with Gasteiger partial charge in [-0.05, 0) is 88.7 Å². The minimum absolute atomic E-state index is 0.0475. The molecule has 6 atom stereocenters. The molecule has 4 aliphatic rings. The van der Waals surface area contributed by atoms with Gasteiger partial charge in [0.05, 0.1) is 17.6 Å². The number of ether oxygens (including phenoxy) is 1. The number of nitrogens with zero attached hydrogens (tertiary/aromatic N) is 3. The summed E-state index contributed by atoms with van der Waals surface area (Å²) in [6, 6.07) is 10.3. The van der Waals surface area contributed by atoms with Gasteiger partial charge in [0.15, 0.2) is 0 Å². The van der Waals surface area contributed by atoms with Crippen molar-refractivity contribution in [1.29, 1.82) is 0 Å². The Bertz CT molecular complexity index is 1150. The number of para-hydroxylation sites is 2. The summed E-state index contributed by atoms with van der Waals surface area (Å²) < 4.78 is 7.18. The lowest BCUT2D eigenvalue weighted by Crippen LogP contribution is -2.58. The third-order valence-corrected chi connectivity index (χ3v) is 9.86. The first-order chi connectivity index (χ1) is 18.1. The Morgan fingerprint density at radius 1 is 0.919 bits per heavy atom. The van der Waals surface area contributed by atoms with E-state index in [1.54, 1.807) is 0 Å². The third-order valence-electron chi connectivity index (χ3n) is 9.86. The van der Waals surface area contributed by atoms with Crippen molar-refractivity contribution in [3.8, 4) is 0 Å². The van der Waals surface area contributed by atoms with Crippen molar-refractivity contribution in [2.24, 2.45) is 11.8 Å². The Balaban J connectivity index is 1.26. The number of fused-ring (bicyclic) bond motifs is 5. The molecule has 6 rings (SSSR count).